The molecule has 2 rings (SSSR count). The van der Waals surface area contributed by atoms with Gasteiger partial charge in [-0.1, -0.05) is 72.8 Å². The van der Waals surface area contributed by atoms with E-state index in [1.54, 1.807) is 0 Å². The van der Waals surface area contributed by atoms with Crippen LogP contribution in [-0.4, -0.2) is 12.6 Å². The van der Waals surface area contributed by atoms with E-state index in [1.165, 1.54) is 11.1 Å². The van der Waals surface area contributed by atoms with Crippen molar-refractivity contribution in [1.82, 2.24) is 5.32 Å². The van der Waals surface area contributed by atoms with Crippen LogP contribution in [0.15, 0.2) is 66.7 Å². The zero-order chi connectivity index (χ0) is 13.3. The fourth-order valence-electron chi connectivity index (χ4n) is 2.07. The molecule has 0 saturated carbocycles. The summed E-state index contributed by atoms with van der Waals surface area (Å²) in [5, 5.41) is 3.51. The Morgan fingerprint density at radius 1 is 0.947 bits per heavy atom. The minimum atomic E-state index is 0.489. The van der Waals surface area contributed by atoms with Gasteiger partial charge in [0.15, 0.2) is 0 Å². The van der Waals surface area contributed by atoms with Crippen LogP contribution in [0.1, 0.15) is 18.1 Å². The third-order valence-corrected chi connectivity index (χ3v) is 3.08. The molecule has 98 valence electrons. The molecule has 0 unspecified atom stereocenters. The average Bonchev–Trinajstić information content (AvgIpc) is 2.46. The van der Waals surface area contributed by atoms with Crippen molar-refractivity contribution < 1.29 is 0 Å². The van der Waals surface area contributed by atoms with Gasteiger partial charge >= 0.3 is 0 Å². The van der Waals surface area contributed by atoms with Crippen molar-refractivity contribution in [3.63, 3.8) is 0 Å². The van der Waals surface area contributed by atoms with Crippen molar-refractivity contribution in [1.29, 1.82) is 0 Å². The van der Waals surface area contributed by atoms with Crippen LogP contribution in [0.2, 0.25) is 0 Å². The molecule has 0 heterocycles. The normalized spacial score (nSPS) is 12.7. The van der Waals surface area contributed by atoms with Gasteiger partial charge in [0.2, 0.25) is 0 Å². The van der Waals surface area contributed by atoms with Crippen LogP contribution in [0.3, 0.4) is 0 Å². The van der Waals surface area contributed by atoms with Crippen LogP contribution < -0.4 is 5.32 Å². The van der Waals surface area contributed by atoms with E-state index in [1.807, 2.05) is 6.07 Å². The third-order valence-electron chi connectivity index (χ3n) is 3.08. The van der Waals surface area contributed by atoms with Gasteiger partial charge < -0.3 is 5.32 Å². The Balaban J connectivity index is 1.72. The first-order valence-corrected chi connectivity index (χ1v) is 6.83. The van der Waals surface area contributed by atoms with Crippen molar-refractivity contribution in [2.45, 2.75) is 19.4 Å². The first-order valence-electron chi connectivity index (χ1n) is 6.83. The molecule has 0 aromatic heterocycles. The molecule has 1 N–H and O–H groups in total. The lowest BCUT2D eigenvalue weighted by Crippen LogP contribution is -2.28. The predicted molar refractivity (Wildman–Crippen MR) is 83.1 cm³/mol. The number of benzene rings is 2. The summed E-state index contributed by atoms with van der Waals surface area (Å²) in [7, 11) is 0. The fourth-order valence-corrected chi connectivity index (χ4v) is 2.07. The van der Waals surface area contributed by atoms with E-state index in [0.29, 0.717) is 6.04 Å². The van der Waals surface area contributed by atoms with Crippen LogP contribution in [0.4, 0.5) is 0 Å². The highest BCUT2D eigenvalue weighted by Crippen LogP contribution is 2.03. The second-order valence-corrected chi connectivity index (χ2v) is 4.81. The van der Waals surface area contributed by atoms with Gasteiger partial charge in [-0.15, -0.1) is 0 Å². The van der Waals surface area contributed by atoms with Crippen molar-refractivity contribution in [2.24, 2.45) is 0 Å². The molecule has 19 heavy (non-hydrogen) atoms. The minimum Gasteiger partial charge on any atom is -0.310 e. The van der Waals surface area contributed by atoms with E-state index in [4.69, 9.17) is 0 Å². The summed E-state index contributed by atoms with van der Waals surface area (Å²) in [4.78, 5) is 0. The van der Waals surface area contributed by atoms with E-state index in [-0.39, 0.29) is 0 Å². The zero-order valence-electron chi connectivity index (χ0n) is 11.4. The molecule has 0 fully saturated rings. The van der Waals surface area contributed by atoms with Gasteiger partial charge in [-0.3, -0.25) is 0 Å². The van der Waals surface area contributed by atoms with Crippen LogP contribution in [0.25, 0.3) is 6.08 Å². The van der Waals surface area contributed by atoms with Gasteiger partial charge in [-0.05, 0) is 24.5 Å². The maximum absolute atomic E-state index is 3.51. The van der Waals surface area contributed by atoms with E-state index < -0.39 is 0 Å². The molecule has 0 radical (unpaired) electrons. The Labute approximate surface area is 116 Å². The van der Waals surface area contributed by atoms with E-state index >= 15 is 0 Å². The molecule has 0 spiro atoms. The van der Waals surface area contributed by atoms with Crippen molar-refractivity contribution in [3.8, 4) is 0 Å². The van der Waals surface area contributed by atoms with Gasteiger partial charge in [-0.25, -0.2) is 0 Å². The first kappa shape index (κ1) is 13.6. The maximum Gasteiger partial charge on any atom is 0.0140 e. The van der Waals surface area contributed by atoms with E-state index in [0.717, 1.165) is 13.0 Å². The first-order chi connectivity index (χ1) is 9.34. The molecule has 2 aromatic carbocycles. The summed E-state index contributed by atoms with van der Waals surface area (Å²) < 4.78 is 0. The van der Waals surface area contributed by atoms with Gasteiger partial charge in [0.1, 0.15) is 0 Å². The highest BCUT2D eigenvalue weighted by atomic mass is 14.9. The van der Waals surface area contributed by atoms with Crippen LogP contribution in [0.5, 0.6) is 0 Å². The molecule has 1 heteroatoms. The van der Waals surface area contributed by atoms with Crippen LogP contribution >= 0.6 is 0 Å². The Kier molecular flexibility index (Phi) is 5.39. The van der Waals surface area contributed by atoms with Crippen LogP contribution in [-0.2, 0) is 6.42 Å². The van der Waals surface area contributed by atoms with Crippen molar-refractivity contribution in [3.05, 3.63) is 77.9 Å². The second kappa shape index (κ2) is 7.55. The molecule has 0 saturated heterocycles. The average molecular weight is 251 g/mol. The number of nitrogens with one attached hydrogen (secondary N) is 1. The van der Waals surface area contributed by atoms with Crippen molar-refractivity contribution in [2.75, 3.05) is 6.54 Å². The quantitative estimate of drug-likeness (QED) is 0.820. The Bertz CT molecular complexity index is 488. The molecular weight excluding hydrogens is 230 g/mol. The Morgan fingerprint density at radius 2 is 1.58 bits per heavy atom. The molecule has 0 aliphatic heterocycles. The largest absolute Gasteiger partial charge is 0.310 e. The monoisotopic (exact) mass is 251 g/mol. The summed E-state index contributed by atoms with van der Waals surface area (Å²) in [6, 6.07) is 21.5. The lowest BCUT2D eigenvalue weighted by molar-refractivity contribution is 0.581. The molecule has 2 aromatic rings. The zero-order valence-corrected chi connectivity index (χ0v) is 11.4. The fraction of sp³-hybridized carbons (Fsp3) is 0.222. The molecule has 0 aliphatic rings. The summed E-state index contributed by atoms with van der Waals surface area (Å²) in [5.74, 6) is 0. The maximum atomic E-state index is 3.51. The molecule has 1 atom stereocenters. The Hall–Kier alpha value is -1.86. The number of hydrogen-bond donors (Lipinski definition) is 1. The molecule has 0 bridgehead atoms. The standard InChI is InChI=1S/C18H21N/c1-16(15-18-11-6-3-7-12-18)19-14-8-13-17-9-4-2-5-10-17/h2-13,16,19H,14-15H2,1H3/b13-8+/t16-/m1/s1. The van der Waals surface area contributed by atoms with E-state index in [9.17, 15) is 0 Å². The lowest BCUT2D eigenvalue weighted by atomic mass is 10.1. The van der Waals surface area contributed by atoms with Crippen molar-refractivity contribution >= 4 is 6.08 Å². The lowest BCUT2D eigenvalue weighted by Gasteiger charge is -2.12. The molecule has 0 aliphatic carbocycles. The topological polar surface area (TPSA) is 12.0 Å². The molecular formula is C18H21N. The summed E-state index contributed by atoms with van der Waals surface area (Å²) in [6.45, 7) is 3.13. The molecule has 0 amide bonds. The third kappa shape index (κ3) is 5.11. The summed E-state index contributed by atoms with van der Waals surface area (Å²) in [6.07, 6.45) is 5.40. The predicted octanol–water partition coefficient (Wildman–Crippen LogP) is 3.92. The van der Waals surface area contributed by atoms with Gasteiger partial charge in [-0.2, -0.15) is 0 Å². The van der Waals surface area contributed by atoms with Gasteiger partial charge in [0.25, 0.3) is 0 Å². The van der Waals surface area contributed by atoms with Gasteiger partial charge in [0, 0.05) is 12.6 Å². The van der Waals surface area contributed by atoms with Crippen LogP contribution in [0, 0.1) is 0 Å². The highest BCUT2D eigenvalue weighted by Gasteiger charge is 2.00. The summed E-state index contributed by atoms with van der Waals surface area (Å²) >= 11 is 0. The summed E-state index contributed by atoms with van der Waals surface area (Å²) in [5.41, 5.74) is 2.63. The smallest absolute Gasteiger partial charge is 0.0140 e. The SMILES string of the molecule is C[C@H](Cc1ccccc1)NC/C=C/c1ccccc1. The van der Waals surface area contributed by atoms with Gasteiger partial charge in [0.05, 0.1) is 0 Å². The number of rotatable bonds is 6. The minimum absolute atomic E-state index is 0.489. The van der Waals surface area contributed by atoms with E-state index in [2.05, 4.69) is 79.0 Å². The molecule has 1 nitrogen and oxygen atoms in total. The number of hydrogen-bond acceptors (Lipinski definition) is 1. The second-order valence-electron chi connectivity index (χ2n) is 4.81. The highest BCUT2D eigenvalue weighted by molar-refractivity contribution is 5.48. The Morgan fingerprint density at radius 3 is 2.26 bits per heavy atom.